The van der Waals surface area contributed by atoms with Crippen LogP contribution in [-0.4, -0.2) is 35.0 Å². The number of benzene rings is 2. The van der Waals surface area contributed by atoms with Gasteiger partial charge in [0.15, 0.2) is 0 Å². The fraction of sp³-hybridized carbons (Fsp3) is 0.182. The SMILES string of the molecule is O=C(C1c2ccccc2Oc2ccccc21)N1CC(Oc2ncccc2Br)C1. The summed E-state index contributed by atoms with van der Waals surface area (Å²) < 4.78 is 12.7. The van der Waals surface area contributed by atoms with Gasteiger partial charge in [-0.3, -0.25) is 4.79 Å². The van der Waals surface area contributed by atoms with Gasteiger partial charge in [-0.1, -0.05) is 36.4 Å². The monoisotopic (exact) mass is 436 g/mol. The summed E-state index contributed by atoms with van der Waals surface area (Å²) in [5.41, 5.74) is 1.81. The molecule has 0 atom stereocenters. The van der Waals surface area contributed by atoms with Gasteiger partial charge in [-0.05, 0) is 40.2 Å². The maximum atomic E-state index is 13.4. The van der Waals surface area contributed by atoms with Gasteiger partial charge in [0.2, 0.25) is 11.8 Å². The Balaban J connectivity index is 1.36. The van der Waals surface area contributed by atoms with E-state index < -0.39 is 0 Å². The van der Waals surface area contributed by atoms with E-state index in [4.69, 9.17) is 9.47 Å². The van der Waals surface area contributed by atoms with Crippen LogP contribution in [0.1, 0.15) is 17.0 Å². The number of fused-ring (bicyclic) bond motifs is 2. The van der Waals surface area contributed by atoms with Gasteiger partial charge in [0.05, 0.1) is 23.5 Å². The van der Waals surface area contributed by atoms with Gasteiger partial charge in [-0.2, -0.15) is 0 Å². The van der Waals surface area contributed by atoms with E-state index in [1.54, 1.807) is 6.20 Å². The molecular formula is C22H17BrN2O3. The Bertz CT molecular complexity index is 1000. The Morgan fingerprint density at radius 1 is 1.00 bits per heavy atom. The summed E-state index contributed by atoms with van der Waals surface area (Å²) in [4.78, 5) is 19.4. The molecule has 3 heterocycles. The maximum Gasteiger partial charge on any atom is 0.235 e. The molecule has 140 valence electrons. The minimum Gasteiger partial charge on any atom is -0.470 e. The van der Waals surface area contributed by atoms with Crippen LogP contribution in [0, 0.1) is 0 Å². The number of likely N-dealkylation sites (tertiary alicyclic amines) is 1. The quantitative estimate of drug-likeness (QED) is 0.611. The van der Waals surface area contributed by atoms with Crippen LogP contribution in [0.25, 0.3) is 0 Å². The molecule has 28 heavy (non-hydrogen) atoms. The largest absolute Gasteiger partial charge is 0.470 e. The molecule has 0 unspecified atom stereocenters. The summed E-state index contributed by atoms with van der Waals surface area (Å²) in [6.07, 6.45) is 1.64. The Morgan fingerprint density at radius 2 is 1.64 bits per heavy atom. The van der Waals surface area contributed by atoms with Crippen LogP contribution in [0.15, 0.2) is 71.3 Å². The van der Waals surface area contributed by atoms with E-state index in [1.165, 1.54) is 0 Å². The topological polar surface area (TPSA) is 51.7 Å². The molecule has 1 fully saturated rings. The van der Waals surface area contributed by atoms with Crippen molar-refractivity contribution >= 4 is 21.8 Å². The zero-order chi connectivity index (χ0) is 19.1. The maximum absolute atomic E-state index is 13.4. The lowest BCUT2D eigenvalue weighted by Crippen LogP contribution is -2.57. The van der Waals surface area contributed by atoms with Crippen molar-refractivity contribution in [3.63, 3.8) is 0 Å². The number of hydrogen-bond donors (Lipinski definition) is 0. The third-order valence-electron chi connectivity index (χ3n) is 5.09. The Labute approximate surface area is 171 Å². The second-order valence-corrected chi connectivity index (χ2v) is 7.74. The zero-order valence-corrected chi connectivity index (χ0v) is 16.5. The summed E-state index contributed by atoms with van der Waals surface area (Å²) >= 11 is 3.44. The summed E-state index contributed by atoms with van der Waals surface area (Å²) in [5, 5.41) is 0. The first-order valence-electron chi connectivity index (χ1n) is 9.12. The number of aromatic nitrogens is 1. The Kier molecular flexibility index (Phi) is 4.28. The standard InChI is InChI=1S/C22H17BrN2O3/c23-17-8-5-11-24-21(17)27-14-12-25(13-14)22(26)20-15-6-1-3-9-18(15)28-19-10-4-2-7-16(19)20/h1-11,14,20H,12-13H2. The Morgan fingerprint density at radius 3 is 2.29 bits per heavy atom. The number of rotatable bonds is 3. The fourth-order valence-corrected chi connectivity index (χ4v) is 4.02. The first-order valence-corrected chi connectivity index (χ1v) is 9.91. The van der Waals surface area contributed by atoms with Crippen molar-refractivity contribution in [2.75, 3.05) is 13.1 Å². The first kappa shape index (κ1) is 17.3. The predicted molar refractivity (Wildman–Crippen MR) is 108 cm³/mol. The van der Waals surface area contributed by atoms with Gasteiger partial charge in [0.1, 0.15) is 17.6 Å². The number of nitrogens with zero attached hydrogens (tertiary/aromatic N) is 2. The highest BCUT2D eigenvalue weighted by molar-refractivity contribution is 9.10. The van der Waals surface area contributed by atoms with E-state index in [0.717, 1.165) is 27.1 Å². The normalized spacial score (nSPS) is 15.8. The molecule has 0 saturated carbocycles. The first-order chi connectivity index (χ1) is 13.7. The van der Waals surface area contributed by atoms with Crippen LogP contribution in [0.2, 0.25) is 0 Å². The van der Waals surface area contributed by atoms with Crippen LogP contribution >= 0.6 is 15.9 Å². The van der Waals surface area contributed by atoms with Crippen molar-refractivity contribution in [3.8, 4) is 17.4 Å². The molecule has 1 amide bonds. The smallest absolute Gasteiger partial charge is 0.235 e. The third-order valence-corrected chi connectivity index (χ3v) is 5.69. The number of pyridine rings is 1. The van der Waals surface area contributed by atoms with Crippen LogP contribution in [0.5, 0.6) is 17.4 Å². The molecule has 0 bridgehead atoms. The highest BCUT2D eigenvalue weighted by Crippen LogP contribution is 2.45. The minimum absolute atomic E-state index is 0.0551. The second kappa shape index (κ2) is 6.95. The molecule has 0 spiro atoms. The van der Waals surface area contributed by atoms with Crippen molar-refractivity contribution in [2.45, 2.75) is 12.0 Å². The van der Waals surface area contributed by atoms with E-state index in [9.17, 15) is 4.79 Å². The average molecular weight is 437 g/mol. The summed E-state index contributed by atoms with van der Waals surface area (Å²) in [6, 6.07) is 19.2. The number of ether oxygens (including phenoxy) is 2. The molecule has 1 saturated heterocycles. The molecule has 0 N–H and O–H groups in total. The van der Waals surface area contributed by atoms with Crippen LogP contribution < -0.4 is 9.47 Å². The predicted octanol–water partition coefficient (Wildman–Crippen LogP) is 4.37. The molecule has 2 aliphatic rings. The molecule has 2 aliphatic heterocycles. The van der Waals surface area contributed by atoms with E-state index in [0.29, 0.717) is 19.0 Å². The molecule has 1 aromatic heterocycles. The molecule has 6 heteroatoms. The molecule has 3 aromatic rings. The summed E-state index contributed by atoms with van der Waals surface area (Å²) in [5.74, 6) is 1.75. The van der Waals surface area contributed by atoms with Crippen molar-refractivity contribution in [3.05, 3.63) is 82.5 Å². The second-order valence-electron chi connectivity index (χ2n) is 6.88. The third kappa shape index (κ3) is 2.94. The molecule has 5 rings (SSSR count). The average Bonchev–Trinajstić information content (AvgIpc) is 2.69. The zero-order valence-electron chi connectivity index (χ0n) is 14.9. The molecule has 2 aromatic carbocycles. The van der Waals surface area contributed by atoms with Crippen molar-refractivity contribution in [1.29, 1.82) is 0 Å². The minimum atomic E-state index is -0.358. The van der Waals surface area contributed by atoms with Gasteiger partial charge in [-0.15, -0.1) is 0 Å². The van der Waals surface area contributed by atoms with Crippen LogP contribution in [-0.2, 0) is 4.79 Å². The fourth-order valence-electron chi connectivity index (χ4n) is 3.67. The van der Waals surface area contributed by atoms with Crippen molar-refractivity contribution in [2.24, 2.45) is 0 Å². The van der Waals surface area contributed by atoms with E-state index >= 15 is 0 Å². The lowest BCUT2D eigenvalue weighted by atomic mass is 9.86. The number of hydrogen-bond acceptors (Lipinski definition) is 4. The van der Waals surface area contributed by atoms with E-state index in [1.807, 2.05) is 65.6 Å². The van der Waals surface area contributed by atoms with Crippen molar-refractivity contribution in [1.82, 2.24) is 9.88 Å². The summed E-state index contributed by atoms with van der Waals surface area (Å²) in [6.45, 7) is 1.09. The van der Waals surface area contributed by atoms with Gasteiger partial charge in [0, 0.05) is 17.3 Å². The van der Waals surface area contributed by atoms with Crippen LogP contribution in [0.3, 0.4) is 0 Å². The number of carbonyl (C=O) groups excluding carboxylic acids is 1. The van der Waals surface area contributed by atoms with Gasteiger partial charge < -0.3 is 14.4 Å². The van der Waals surface area contributed by atoms with Crippen molar-refractivity contribution < 1.29 is 14.3 Å². The highest BCUT2D eigenvalue weighted by atomic mass is 79.9. The molecule has 5 nitrogen and oxygen atoms in total. The van der Waals surface area contributed by atoms with Gasteiger partial charge in [-0.25, -0.2) is 4.98 Å². The number of carbonyl (C=O) groups is 1. The van der Waals surface area contributed by atoms with E-state index in [2.05, 4.69) is 20.9 Å². The number of halogens is 1. The summed E-state index contributed by atoms with van der Waals surface area (Å²) in [7, 11) is 0. The van der Waals surface area contributed by atoms with E-state index in [-0.39, 0.29) is 17.9 Å². The number of para-hydroxylation sites is 2. The molecular weight excluding hydrogens is 420 g/mol. The number of amides is 1. The molecule has 0 radical (unpaired) electrons. The lowest BCUT2D eigenvalue weighted by molar-refractivity contribution is -0.141. The Hall–Kier alpha value is -2.86. The molecule has 0 aliphatic carbocycles. The van der Waals surface area contributed by atoms with Gasteiger partial charge in [0.25, 0.3) is 0 Å². The van der Waals surface area contributed by atoms with Gasteiger partial charge >= 0.3 is 0 Å². The van der Waals surface area contributed by atoms with Crippen LogP contribution in [0.4, 0.5) is 0 Å². The lowest BCUT2D eigenvalue weighted by Gasteiger charge is -2.41. The highest BCUT2D eigenvalue weighted by Gasteiger charge is 2.40.